The van der Waals surface area contributed by atoms with Gasteiger partial charge in [0.15, 0.2) is 0 Å². The second kappa shape index (κ2) is 7.06. The van der Waals surface area contributed by atoms with Crippen molar-refractivity contribution < 1.29 is 44.6 Å². The van der Waals surface area contributed by atoms with E-state index in [0.717, 1.165) is 0 Å². The van der Waals surface area contributed by atoms with Crippen molar-refractivity contribution in [2.75, 3.05) is 0 Å². The molecule has 0 radical (unpaired) electrons. The molecule has 0 aliphatic heterocycles. The maximum Gasteiger partial charge on any atom is 1.00 e. The average molecular weight is 194 g/mol. The minimum absolute atomic E-state index is 0. The quantitative estimate of drug-likeness (QED) is 0.284. The molecule has 0 aromatic heterocycles. The van der Waals surface area contributed by atoms with E-state index in [2.05, 4.69) is 16.7 Å². The van der Waals surface area contributed by atoms with Gasteiger partial charge < -0.3 is 10.2 Å². The molecule has 0 aliphatic carbocycles. The number of hydrogen-bond acceptors (Lipinski definition) is 4. The van der Waals surface area contributed by atoms with Crippen LogP contribution in [0.4, 0.5) is 0 Å². The maximum atomic E-state index is 10.9. The van der Waals surface area contributed by atoms with E-state index in [1.807, 2.05) is 0 Å². The van der Waals surface area contributed by atoms with Crippen LogP contribution in [0.1, 0.15) is 13.8 Å². The summed E-state index contributed by atoms with van der Waals surface area (Å²) in [7, 11) is 0. The van der Waals surface area contributed by atoms with Crippen molar-refractivity contribution in [1.29, 1.82) is 0 Å². The number of rotatable bonds is 4. The van der Waals surface area contributed by atoms with Gasteiger partial charge in [0, 0.05) is 0 Å². The normalized spacial score (nSPS) is 15.4. The van der Waals surface area contributed by atoms with Crippen molar-refractivity contribution in [2.24, 2.45) is 9.98 Å². The Labute approximate surface area is 98.9 Å². The number of carbonyl (C=O) groups is 1. The summed E-state index contributed by atoms with van der Waals surface area (Å²) in [6, 6.07) is -1.67. The third-order valence-corrected chi connectivity index (χ3v) is 1.31. The molecular formula is C7H11N2NaO3. The largest absolute Gasteiger partial charge is 1.00 e. The molecule has 0 spiro atoms. The summed E-state index contributed by atoms with van der Waals surface area (Å²) in [5.74, 6) is -1.68. The van der Waals surface area contributed by atoms with Gasteiger partial charge in [0.2, 0.25) is 0 Å². The maximum absolute atomic E-state index is 10.9. The summed E-state index contributed by atoms with van der Waals surface area (Å²) in [5.41, 5.74) is 0. The minimum atomic E-state index is -1.13. The number of aliphatic imine (C=N–C) groups is 2. The molecule has 5 nitrogen and oxygen atoms in total. The van der Waals surface area contributed by atoms with E-state index in [4.69, 9.17) is 5.11 Å². The van der Waals surface area contributed by atoms with E-state index >= 15 is 0 Å². The fourth-order valence-corrected chi connectivity index (χ4v) is 0.432. The van der Waals surface area contributed by atoms with E-state index in [0.29, 0.717) is 0 Å². The van der Waals surface area contributed by atoms with Gasteiger partial charge in [0.25, 0.3) is 0 Å². The average Bonchev–Trinajstić information content (AvgIpc) is 2.02. The molecule has 68 valence electrons. The van der Waals surface area contributed by atoms with Gasteiger partial charge in [-0.15, -0.1) is 0 Å². The summed E-state index contributed by atoms with van der Waals surface area (Å²) in [6.45, 7) is 5.99. The Morgan fingerprint density at radius 3 is 2.23 bits per heavy atom. The Morgan fingerprint density at radius 1 is 1.46 bits per heavy atom. The topological polar surface area (TPSA) is 85.1 Å². The van der Waals surface area contributed by atoms with Crippen molar-refractivity contribution in [2.45, 2.75) is 25.9 Å². The molecule has 0 saturated carbocycles. The van der Waals surface area contributed by atoms with Gasteiger partial charge in [-0.1, -0.05) is 0 Å². The van der Waals surface area contributed by atoms with Crippen LogP contribution in [0.2, 0.25) is 0 Å². The van der Waals surface area contributed by atoms with Gasteiger partial charge in [-0.05, 0) is 26.5 Å². The summed E-state index contributed by atoms with van der Waals surface area (Å²) in [4.78, 5) is 17.0. The number of nitrogens with zero attached hydrogens (tertiary/aromatic N) is 2. The van der Waals surface area contributed by atoms with Crippen LogP contribution in [-0.2, 0) is 4.79 Å². The van der Waals surface area contributed by atoms with E-state index < -0.39 is 24.0 Å². The zero-order valence-corrected chi connectivity index (χ0v) is 10.0. The zero-order chi connectivity index (χ0) is 9.72. The molecule has 1 N–H and O–H groups in total. The SMILES string of the molecule is C=N[C@@H](C)C([O-])=N[C@H](C)C(=O)O.[Na+]. The molecule has 0 aliphatic rings. The number of carboxylic acid groups (broad SMARTS) is 1. The predicted octanol–water partition coefficient (Wildman–Crippen LogP) is -3.69. The molecule has 0 aromatic rings. The standard InChI is InChI=1S/C7H12N2O3.Na/c1-4(8-3)6(10)9-5(2)7(11)12;/h4-5H,3H2,1-2H3,(H,9,10)(H,11,12);/q;+1/p-1/t4-,5+;/m0./s1. The van der Waals surface area contributed by atoms with E-state index in [9.17, 15) is 9.90 Å². The molecule has 0 bridgehead atoms. The molecule has 0 unspecified atom stereocenters. The number of carboxylic acids is 1. The van der Waals surface area contributed by atoms with Crippen LogP contribution >= 0.6 is 0 Å². The first-order valence-corrected chi connectivity index (χ1v) is 3.42. The molecule has 0 amide bonds. The summed E-state index contributed by atoms with van der Waals surface area (Å²) < 4.78 is 0. The fraction of sp³-hybridized carbons (Fsp3) is 0.571. The number of aliphatic carboxylic acids is 1. The molecule has 13 heavy (non-hydrogen) atoms. The first-order valence-electron chi connectivity index (χ1n) is 3.42. The fourth-order valence-electron chi connectivity index (χ4n) is 0.432. The van der Waals surface area contributed by atoms with E-state index in [1.165, 1.54) is 13.8 Å². The van der Waals surface area contributed by atoms with Crippen molar-refractivity contribution in [3.8, 4) is 0 Å². The van der Waals surface area contributed by atoms with Gasteiger partial charge in [0.05, 0.1) is 6.04 Å². The van der Waals surface area contributed by atoms with Crippen LogP contribution in [0.25, 0.3) is 0 Å². The van der Waals surface area contributed by atoms with Crippen molar-refractivity contribution in [3.05, 3.63) is 0 Å². The predicted molar refractivity (Wildman–Crippen MR) is 43.5 cm³/mol. The second-order valence-corrected chi connectivity index (χ2v) is 2.34. The molecule has 0 rings (SSSR count). The van der Waals surface area contributed by atoms with Crippen LogP contribution in [-0.4, -0.2) is 35.8 Å². The summed E-state index contributed by atoms with van der Waals surface area (Å²) in [5, 5.41) is 19.3. The molecule has 0 heterocycles. The Kier molecular flexibility index (Phi) is 8.20. The van der Waals surface area contributed by atoms with E-state index in [-0.39, 0.29) is 29.6 Å². The third kappa shape index (κ3) is 5.79. The Morgan fingerprint density at radius 2 is 1.92 bits per heavy atom. The Hall–Kier alpha value is -0.390. The van der Waals surface area contributed by atoms with Gasteiger partial charge in [-0.3, -0.25) is 9.98 Å². The van der Waals surface area contributed by atoms with Gasteiger partial charge in [-0.2, -0.15) is 0 Å². The van der Waals surface area contributed by atoms with E-state index in [1.54, 1.807) is 0 Å². The van der Waals surface area contributed by atoms with Gasteiger partial charge in [-0.25, -0.2) is 4.79 Å². The van der Waals surface area contributed by atoms with Crippen molar-refractivity contribution in [1.82, 2.24) is 0 Å². The first-order chi connectivity index (χ1) is 5.49. The molecular weight excluding hydrogens is 183 g/mol. The molecule has 0 saturated heterocycles. The smallest absolute Gasteiger partial charge is 0.860 e. The minimum Gasteiger partial charge on any atom is -0.860 e. The summed E-state index contributed by atoms with van der Waals surface area (Å²) in [6.07, 6.45) is 0. The van der Waals surface area contributed by atoms with Crippen LogP contribution in [0.5, 0.6) is 0 Å². The van der Waals surface area contributed by atoms with Crippen LogP contribution in [0.3, 0.4) is 0 Å². The monoisotopic (exact) mass is 194 g/mol. The van der Waals surface area contributed by atoms with Gasteiger partial charge >= 0.3 is 35.5 Å². The molecule has 2 atom stereocenters. The Bertz CT molecular complexity index is 218. The summed E-state index contributed by atoms with van der Waals surface area (Å²) >= 11 is 0. The molecule has 0 aromatic carbocycles. The Balaban J connectivity index is 0. The molecule has 0 fully saturated rings. The number of hydrogen-bond donors (Lipinski definition) is 1. The van der Waals surface area contributed by atoms with Crippen LogP contribution < -0.4 is 34.7 Å². The second-order valence-electron chi connectivity index (χ2n) is 2.34. The zero-order valence-electron chi connectivity index (χ0n) is 8.02. The van der Waals surface area contributed by atoms with Crippen LogP contribution in [0, 0.1) is 0 Å². The van der Waals surface area contributed by atoms with Gasteiger partial charge in [0.1, 0.15) is 6.04 Å². The molecule has 6 heteroatoms. The van der Waals surface area contributed by atoms with Crippen LogP contribution in [0.15, 0.2) is 9.98 Å². The first kappa shape index (κ1) is 15.1. The van der Waals surface area contributed by atoms with Crippen molar-refractivity contribution in [3.63, 3.8) is 0 Å². The van der Waals surface area contributed by atoms with Crippen molar-refractivity contribution >= 4 is 18.6 Å². The third-order valence-electron chi connectivity index (χ3n) is 1.31.